The van der Waals surface area contributed by atoms with Gasteiger partial charge in [0, 0.05) is 5.56 Å². The lowest BCUT2D eigenvalue weighted by atomic mass is 10.2. The fraction of sp³-hybridized carbons (Fsp3) is 0.214. The molecule has 0 fully saturated rings. The number of allylic oxidation sites excluding steroid dienone is 1. The highest BCUT2D eigenvalue weighted by Crippen LogP contribution is 2.16. The zero-order chi connectivity index (χ0) is 12.5. The molecule has 1 aromatic carbocycles. The van der Waals surface area contributed by atoms with Crippen LogP contribution >= 0.6 is 0 Å². The Morgan fingerprint density at radius 3 is 2.65 bits per heavy atom. The Labute approximate surface area is 101 Å². The zero-order valence-corrected chi connectivity index (χ0v) is 9.89. The molecule has 1 rings (SSSR count). The molecule has 0 saturated carbocycles. The summed E-state index contributed by atoms with van der Waals surface area (Å²) in [5, 5.41) is 0. The number of hydrogen-bond donors (Lipinski definition) is 0. The number of benzene rings is 1. The summed E-state index contributed by atoms with van der Waals surface area (Å²) in [5.41, 5.74) is 0.852. The summed E-state index contributed by atoms with van der Waals surface area (Å²) in [4.78, 5) is 11.3. The monoisotopic (exact) mass is 232 g/mol. The summed E-state index contributed by atoms with van der Waals surface area (Å²) in [5.74, 6) is 0.516. The molecule has 0 saturated heterocycles. The highest BCUT2D eigenvalue weighted by molar-refractivity contribution is 5.72. The molecule has 0 N–H and O–H groups in total. The van der Waals surface area contributed by atoms with Crippen molar-refractivity contribution in [2.24, 2.45) is 0 Å². The van der Waals surface area contributed by atoms with Crippen molar-refractivity contribution in [3.63, 3.8) is 0 Å². The first kappa shape index (κ1) is 13.0. The lowest BCUT2D eigenvalue weighted by Crippen LogP contribution is -2.06. The molecule has 0 radical (unpaired) electrons. The van der Waals surface area contributed by atoms with Gasteiger partial charge in [-0.25, -0.2) is 4.79 Å². The van der Waals surface area contributed by atoms with Crippen molar-refractivity contribution >= 4 is 11.9 Å². The van der Waals surface area contributed by atoms with E-state index in [4.69, 9.17) is 9.47 Å². The van der Waals surface area contributed by atoms with Gasteiger partial charge in [0.1, 0.15) is 12.4 Å². The second-order valence-corrected chi connectivity index (χ2v) is 3.29. The predicted octanol–water partition coefficient (Wildman–Crippen LogP) is 3.78. The summed E-state index contributed by atoms with van der Waals surface area (Å²) in [7, 11) is 0. The molecule has 0 bridgehead atoms. The van der Waals surface area contributed by atoms with Gasteiger partial charge in [0.15, 0.2) is 0 Å². The number of carbonyl (C=O) groups excluding carboxylic acids is 1. The van der Waals surface area contributed by atoms with E-state index in [-0.39, 0.29) is 6.61 Å². The van der Waals surface area contributed by atoms with E-state index in [0.717, 1.165) is 12.0 Å². The average Bonchev–Trinajstić information content (AvgIpc) is 2.37. The van der Waals surface area contributed by atoms with Crippen molar-refractivity contribution in [1.29, 1.82) is 0 Å². The average molecular weight is 232 g/mol. The molecule has 0 aliphatic rings. The number of hydrogen-bond acceptors (Lipinski definition) is 3. The molecule has 0 spiro atoms. The molecule has 0 unspecified atom stereocenters. The Morgan fingerprint density at radius 2 is 2.06 bits per heavy atom. The minimum Gasteiger partial charge on any atom is -0.430 e. The number of rotatable bonds is 5. The highest BCUT2D eigenvalue weighted by Gasteiger charge is 2.09. The molecule has 0 heterocycles. The fourth-order valence-corrected chi connectivity index (χ4v) is 1.25. The molecule has 0 atom stereocenters. The molecule has 3 nitrogen and oxygen atoms in total. The molecule has 1 aromatic rings. The normalized spacial score (nSPS) is 10.8. The van der Waals surface area contributed by atoms with Crippen LogP contribution in [0.15, 0.2) is 49.1 Å². The fourth-order valence-electron chi connectivity index (χ4n) is 1.25. The maximum Gasteiger partial charge on any atom is 0.514 e. The van der Waals surface area contributed by atoms with E-state index in [0.29, 0.717) is 5.76 Å². The van der Waals surface area contributed by atoms with Gasteiger partial charge in [0.25, 0.3) is 0 Å². The molecule has 17 heavy (non-hydrogen) atoms. The summed E-state index contributed by atoms with van der Waals surface area (Å²) >= 11 is 0. The number of carbonyl (C=O) groups is 1. The van der Waals surface area contributed by atoms with Crippen LogP contribution in [-0.2, 0) is 9.47 Å². The van der Waals surface area contributed by atoms with Gasteiger partial charge in [-0.05, 0) is 12.5 Å². The van der Waals surface area contributed by atoms with E-state index in [1.54, 1.807) is 0 Å². The van der Waals surface area contributed by atoms with Crippen molar-refractivity contribution in [3.05, 3.63) is 54.6 Å². The second-order valence-electron chi connectivity index (χ2n) is 3.29. The van der Waals surface area contributed by atoms with Crippen molar-refractivity contribution in [1.82, 2.24) is 0 Å². The zero-order valence-electron chi connectivity index (χ0n) is 9.89. The van der Waals surface area contributed by atoms with Crippen molar-refractivity contribution in [2.45, 2.75) is 13.3 Å². The molecule has 3 heteroatoms. The Balaban J connectivity index is 2.71. The van der Waals surface area contributed by atoms with E-state index in [9.17, 15) is 4.79 Å². The predicted molar refractivity (Wildman–Crippen MR) is 67.3 cm³/mol. The lowest BCUT2D eigenvalue weighted by molar-refractivity contribution is 0.100. The van der Waals surface area contributed by atoms with Crippen LogP contribution in [0.1, 0.15) is 18.9 Å². The molecular formula is C14H16O3. The van der Waals surface area contributed by atoms with E-state index in [1.807, 2.05) is 43.3 Å². The van der Waals surface area contributed by atoms with Crippen LogP contribution in [0, 0.1) is 0 Å². The Hall–Kier alpha value is -2.03. The molecule has 90 valence electrons. The topological polar surface area (TPSA) is 35.5 Å². The third-order valence-corrected chi connectivity index (χ3v) is 1.96. The number of ether oxygens (including phenoxy) is 2. The first-order valence-electron chi connectivity index (χ1n) is 5.49. The summed E-state index contributed by atoms with van der Waals surface area (Å²) in [6.45, 7) is 5.58. The Morgan fingerprint density at radius 1 is 1.35 bits per heavy atom. The van der Waals surface area contributed by atoms with E-state index in [2.05, 4.69) is 6.58 Å². The quantitative estimate of drug-likeness (QED) is 0.440. The van der Waals surface area contributed by atoms with Crippen LogP contribution in [-0.4, -0.2) is 12.8 Å². The largest absolute Gasteiger partial charge is 0.514 e. The minimum atomic E-state index is -0.714. The summed E-state index contributed by atoms with van der Waals surface area (Å²) < 4.78 is 9.90. The smallest absolute Gasteiger partial charge is 0.430 e. The maximum absolute atomic E-state index is 11.3. The summed E-state index contributed by atoms with van der Waals surface area (Å²) in [6, 6.07) is 9.43. The van der Waals surface area contributed by atoms with Gasteiger partial charge < -0.3 is 9.47 Å². The lowest BCUT2D eigenvalue weighted by Gasteiger charge is -2.08. The van der Waals surface area contributed by atoms with Crippen LogP contribution in [0.4, 0.5) is 4.79 Å². The van der Waals surface area contributed by atoms with Gasteiger partial charge in [0.2, 0.25) is 0 Å². The standard InChI is InChI=1S/C14H16O3/c1-3-8-13(12-9-6-5-7-10-12)17-14(15)16-11-4-2/h4-10H,2-3,11H2,1H3/b13-8-. The van der Waals surface area contributed by atoms with Crippen LogP contribution in [0.3, 0.4) is 0 Å². The molecular weight excluding hydrogens is 216 g/mol. The maximum atomic E-state index is 11.3. The third kappa shape index (κ3) is 4.55. The van der Waals surface area contributed by atoms with E-state index >= 15 is 0 Å². The molecule has 0 amide bonds. The van der Waals surface area contributed by atoms with Crippen molar-refractivity contribution in [2.75, 3.05) is 6.61 Å². The second kappa shape index (κ2) is 7.28. The van der Waals surface area contributed by atoms with E-state index in [1.165, 1.54) is 6.08 Å². The van der Waals surface area contributed by atoms with Gasteiger partial charge in [0.05, 0.1) is 0 Å². The van der Waals surface area contributed by atoms with Crippen LogP contribution in [0.5, 0.6) is 0 Å². The molecule has 0 aromatic heterocycles. The van der Waals surface area contributed by atoms with E-state index < -0.39 is 6.16 Å². The Bertz CT molecular complexity index is 393. The van der Waals surface area contributed by atoms with Gasteiger partial charge >= 0.3 is 6.16 Å². The van der Waals surface area contributed by atoms with Gasteiger partial charge in [-0.15, -0.1) is 0 Å². The van der Waals surface area contributed by atoms with Crippen molar-refractivity contribution < 1.29 is 14.3 Å². The van der Waals surface area contributed by atoms with Crippen LogP contribution in [0.2, 0.25) is 0 Å². The van der Waals surface area contributed by atoms with Gasteiger partial charge in [-0.3, -0.25) is 0 Å². The van der Waals surface area contributed by atoms with Crippen LogP contribution < -0.4 is 0 Å². The molecule has 0 aliphatic carbocycles. The SMILES string of the molecule is C=CCOC(=O)O/C(=C\CC)c1ccccc1. The van der Waals surface area contributed by atoms with Gasteiger partial charge in [-0.1, -0.05) is 49.9 Å². The van der Waals surface area contributed by atoms with Crippen molar-refractivity contribution in [3.8, 4) is 0 Å². The van der Waals surface area contributed by atoms with Gasteiger partial charge in [-0.2, -0.15) is 0 Å². The minimum absolute atomic E-state index is 0.146. The van der Waals surface area contributed by atoms with Crippen LogP contribution in [0.25, 0.3) is 5.76 Å². The summed E-state index contributed by atoms with van der Waals surface area (Å²) in [6.07, 6.45) is 3.39. The first-order chi connectivity index (χ1) is 8.27. The first-order valence-corrected chi connectivity index (χ1v) is 5.49. The Kier molecular flexibility index (Phi) is 5.58. The highest BCUT2D eigenvalue weighted by atomic mass is 16.7. The third-order valence-electron chi connectivity index (χ3n) is 1.96. The molecule has 0 aliphatic heterocycles.